The molecular weight excluding hydrogens is 306 g/mol. The van der Waals surface area contributed by atoms with Gasteiger partial charge in [-0.05, 0) is 19.1 Å². The van der Waals surface area contributed by atoms with E-state index < -0.39 is 28.5 Å². The van der Waals surface area contributed by atoms with Crippen LogP contribution in [-0.2, 0) is 19.6 Å². The van der Waals surface area contributed by atoms with E-state index in [-0.39, 0.29) is 22.2 Å². The maximum Gasteiger partial charge on any atom is 0.345 e. The molecule has 0 aliphatic rings. The molecule has 1 aromatic rings. The fraction of sp³-hybridized carbons (Fsp3) is 0.455. The molecule has 7 nitrogen and oxygen atoms in total. The van der Waals surface area contributed by atoms with Crippen molar-refractivity contribution < 1.29 is 27.9 Å². The number of thiophene rings is 1. The first-order chi connectivity index (χ1) is 9.32. The third-order valence-corrected chi connectivity index (χ3v) is 5.81. The fourth-order valence-electron chi connectivity index (χ4n) is 1.42. The van der Waals surface area contributed by atoms with Gasteiger partial charge in [0.05, 0.1) is 6.61 Å². The minimum Gasteiger partial charge on any atom is -0.477 e. The first-order valence-electron chi connectivity index (χ1n) is 5.81. The summed E-state index contributed by atoms with van der Waals surface area (Å²) in [6.45, 7) is 3.07. The van der Waals surface area contributed by atoms with Crippen LogP contribution in [0.1, 0.15) is 23.5 Å². The Labute approximate surface area is 120 Å². The van der Waals surface area contributed by atoms with Gasteiger partial charge >= 0.3 is 11.9 Å². The predicted molar refractivity (Wildman–Crippen MR) is 72.3 cm³/mol. The number of sulfonamides is 1. The average molecular weight is 321 g/mol. The Bertz CT molecular complexity index is 592. The lowest BCUT2D eigenvalue weighted by Gasteiger charge is -2.18. The molecule has 112 valence electrons. The number of ether oxygens (including phenoxy) is 1. The topological polar surface area (TPSA) is 101 Å². The van der Waals surface area contributed by atoms with Gasteiger partial charge in [-0.3, -0.25) is 4.79 Å². The molecule has 0 unspecified atom stereocenters. The molecule has 1 N–H and O–H groups in total. The molecule has 0 spiro atoms. The summed E-state index contributed by atoms with van der Waals surface area (Å²) in [6, 6.07) is 2.44. The maximum atomic E-state index is 12.3. The van der Waals surface area contributed by atoms with Crippen LogP contribution in [-0.4, -0.2) is 49.5 Å². The summed E-state index contributed by atoms with van der Waals surface area (Å²) in [5.74, 6) is -1.84. The first-order valence-corrected chi connectivity index (χ1v) is 8.07. The Kier molecular flexibility index (Phi) is 5.66. The average Bonchev–Trinajstić information content (AvgIpc) is 2.86. The molecule has 1 aromatic heterocycles. The minimum atomic E-state index is -3.89. The van der Waals surface area contributed by atoms with Crippen molar-refractivity contribution in [2.75, 3.05) is 19.7 Å². The summed E-state index contributed by atoms with van der Waals surface area (Å²) in [7, 11) is -3.89. The monoisotopic (exact) mass is 321 g/mol. The number of hydrogen-bond acceptors (Lipinski definition) is 6. The second-order valence-electron chi connectivity index (χ2n) is 3.66. The van der Waals surface area contributed by atoms with Crippen molar-refractivity contribution >= 4 is 33.3 Å². The standard InChI is InChI=1S/C11H15NO6S2/c1-3-12(7-9(13)18-4-2)20(16,17)10-6-5-8(19-10)11(14)15/h5-6H,3-4,7H2,1-2H3,(H,14,15). The van der Waals surface area contributed by atoms with Gasteiger partial charge in [-0.1, -0.05) is 6.92 Å². The summed E-state index contributed by atoms with van der Waals surface area (Å²) in [5, 5.41) is 8.80. The Morgan fingerprint density at radius 1 is 1.35 bits per heavy atom. The molecule has 9 heteroatoms. The molecule has 1 rings (SSSR count). The normalized spacial score (nSPS) is 11.6. The van der Waals surface area contributed by atoms with Crippen LogP contribution in [0, 0.1) is 0 Å². The van der Waals surface area contributed by atoms with Crippen molar-refractivity contribution in [3.05, 3.63) is 17.0 Å². The smallest absolute Gasteiger partial charge is 0.345 e. The first kappa shape index (κ1) is 16.6. The van der Waals surface area contributed by atoms with Gasteiger partial charge in [0.25, 0.3) is 10.0 Å². The van der Waals surface area contributed by atoms with Gasteiger partial charge in [0, 0.05) is 6.54 Å². The molecule has 0 bridgehead atoms. The van der Waals surface area contributed by atoms with E-state index in [1.165, 1.54) is 12.1 Å². The number of likely N-dealkylation sites (N-methyl/N-ethyl adjacent to an activating group) is 1. The molecule has 0 fully saturated rings. The van der Waals surface area contributed by atoms with E-state index >= 15 is 0 Å². The van der Waals surface area contributed by atoms with Crippen molar-refractivity contribution in [2.24, 2.45) is 0 Å². The molecule has 20 heavy (non-hydrogen) atoms. The van der Waals surface area contributed by atoms with Crippen molar-refractivity contribution in [3.8, 4) is 0 Å². The number of carbonyl (C=O) groups excluding carboxylic acids is 1. The van der Waals surface area contributed by atoms with Gasteiger partial charge in [-0.25, -0.2) is 13.2 Å². The Hall–Kier alpha value is -1.45. The highest BCUT2D eigenvalue weighted by molar-refractivity contribution is 7.91. The lowest BCUT2D eigenvalue weighted by atomic mass is 10.5. The second kappa shape index (κ2) is 6.82. The molecule has 0 radical (unpaired) electrons. The van der Waals surface area contributed by atoms with Crippen LogP contribution >= 0.6 is 11.3 Å². The van der Waals surface area contributed by atoms with Crippen LogP contribution in [0.4, 0.5) is 0 Å². The molecule has 0 aliphatic carbocycles. The number of rotatable bonds is 7. The number of hydrogen-bond donors (Lipinski definition) is 1. The highest BCUT2D eigenvalue weighted by atomic mass is 32.2. The van der Waals surface area contributed by atoms with Gasteiger partial charge in [-0.15, -0.1) is 11.3 Å². The Morgan fingerprint density at radius 2 is 2.00 bits per heavy atom. The highest BCUT2D eigenvalue weighted by Gasteiger charge is 2.28. The number of aromatic carboxylic acids is 1. The van der Waals surface area contributed by atoms with Crippen LogP contribution in [0.15, 0.2) is 16.3 Å². The van der Waals surface area contributed by atoms with E-state index in [1.807, 2.05) is 0 Å². The maximum absolute atomic E-state index is 12.3. The summed E-state index contributed by atoms with van der Waals surface area (Å²) in [4.78, 5) is 22.1. The van der Waals surface area contributed by atoms with Crippen LogP contribution in [0.5, 0.6) is 0 Å². The van der Waals surface area contributed by atoms with Gasteiger partial charge in [-0.2, -0.15) is 4.31 Å². The summed E-state index contributed by atoms with van der Waals surface area (Å²) < 4.78 is 30.1. The molecule has 0 aliphatic heterocycles. The Morgan fingerprint density at radius 3 is 2.45 bits per heavy atom. The minimum absolute atomic E-state index is 0.0734. The van der Waals surface area contributed by atoms with Crippen molar-refractivity contribution in [2.45, 2.75) is 18.1 Å². The third kappa shape index (κ3) is 3.78. The van der Waals surface area contributed by atoms with Gasteiger partial charge in [0.2, 0.25) is 0 Å². The third-order valence-electron chi connectivity index (χ3n) is 2.35. The molecule has 0 saturated carbocycles. The van der Waals surface area contributed by atoms with E-state index in [2.05, 4.69) is 0 Å². The molecular formula is C11H15NO6S2. The summed E-state index contributed by atoms with van der Waals surface area (Å²) >= 11 is 0.651. The Balaban J connectivity index is 2.99. The zero-order chi connectivity index (χ0) is 15.3. The number of carbonyl (C=O) groups is 2. The van der Waals surface area contributed by atoms with E-state index in [1.54, 1.807) is 13.8 Å². The molecule has 0 saturated heterocycles. The number of carboxylic acid groups (broad SMARTS) is 1. The fourth-order valence-corrected chi connectivity index (χ4v) is 4.11. The summed E-state index contributed by atoms with van der Waals surface area (Å²) in [6.07, 6.45) is 0. The largest absolute Gasteiger partial charge is 0.477 e. The van der Waals surface area contributed by atoms with Gasteiger partial charge < -0.3 is 9.84 Å². The lowest BCUT2D eigenvalue weighted by Crippen LogP contribution is -2.35. The van der Waals surface area contributed by atoms with E-state index in [0.29, 0.717) is 11.3 Å². The van der Waals surface area contributed by atoms with Crippen LogP contribution in [0.3, 0.4) is 0 Å². The van der Waals surface area contributed by atoms with E-state index in [4.69, 9.17) is 9.84 Å². The number of nitrogens with zero attached hydrogens (tertiary/aromatic N) is 1. The van der Waals surface area contributed by atoms with E-state index in [9.17, 15) is 18.0 Å². The van der Waals surface area contributed by atoms with Crippen molar-refractivity contribution in [1.29, 1.82) is 0 Å². The van der Waals surface area contributed by atoms with Gasteiger partial charge in [0.15, 0.2) is 0 Å². The predicted octanol–water partition coefficient (Wildman–Crippen LogP) is 1.02. The van der Waals surface area contributed by atoms with Crippen LogP contribution in [0.2, 0.25) is 0 Å². The SMILES string of the molecule is CCOC(=O)CN(CC)S(=O)(=O)c1ccc(C(=O)O)s1. The zero-order valence-electron chi connectivity index (χ0n) is 11.0. The van der Waals surface area contributed by atoms with Crippen molar-refractivity contribution in [3.63, 3.8) is 0 Å². The van der Waals surface area contributed by atoms with Gasteiger partial charge in [0.1, 0.15) is 15.6 Å². The zero-order valence-corrected chi connectivity index (χ0v) is 12.7. The quantitative estimate of drug-likeness (QED) is 0.752. The van der Waals surface area contributed by atoms with Crippen LogP contribution < -0.4 is 0 Å². The van der Waals surface area contributed by atoms with E-state index in [0.717, 1.165) is 4.31 Å². The molecule has 0 amide bonds. The molecule has 0 atom stereocenters. The highest BCUT2D eigenvalue weighted by Crippen LogP contribution is 2.24. The summed E-state index contributed by atoms with van der Waals surface area (Å²) in [5.41, 5.74) is 0. The molecule has 1 heterocycles. The lowest BCUT2D eigenvalue weighted by molar-refractivity contribution is -0.143. The van der Waals surface area contributed by atoms with Crippen LogP contribution in [0.25, 0.3) is 0 Å². The molecule has 0 aromatic carbocycles. The second-order valence-corrected chi connectivity index (χ2v) is 6.91. The number of esters is 1. The van der Waals surface area contributed by atoms with Crippen molar-refractivity contribution in [1.82, 2.24) is 4.31 Å². The number of carboxylic acids is 1.